The standard InChI is InChI=1S/C14H22N2OS/c1-14(13(15)17,11-6-3-2-4-7-11)16-10-12-8-5-9-18-12/h5,8-9,11,16H,2-4,6-7,10H2,1H3,(H2,15,17). The lowest BCUT2D eigenvalue weighted by molar-refractivity contribution is -0.126. The van der Waals surface area contributed by atoms with Crippen molar-refractivity contribution in [2.75, 3.05) is 0 Å². The van der Waals surface area contributed by atoms with Crippen LogP contribution in [-0.4, -0.2) is 11.4 Å². The van der Waals surface area contributed by atoms with Crippen molar-refractivity contribution in [3.05, 3.63) is 22.4 Å². The van der Waals surface area contributed by atoms with Gasteiger partial charge in [0.05, 0.1) is 5.54 Å². The van der Waals surface area contributed by atoms with Crippen LogP contribution in [0.1, 0.15) is 43.9 Å². The number of amides is 1. The largest absolute Gasteiger partial charge is 0.368 e. The SMILES string of the molecule is CC(NCc1cccs1)(C(N)=O)C1CCCCC1. The van der Waals surface area contributed by atoms with E-state index in [1.54, 1.807) is 11.3 Å². The Kier molecular flexibility index (Phi) is 4.40. The van der Waals surface area contributed by atoms with E-state index in [4.69, 9.17) is 5.73 Å². The maximum Gasteiger partial charge on any atom is 0.237 e. The molecule has 1 heterocycles. The van der Waals surface area contributed by atoms with Crippen LogP contribution in [0.25, 0.3) is 0 Å². The summed E-state index contributed by atoms with van der Waals surface area (Å²) in [6.07, 6.45) is 5.94. The Hall–Kier alpha value is -0.870. The Morgan fingerprint density at radius 3 is 2.78 bits per heavy atom. The predicted molar refractivity (Wildman–Crippen MR) is 75.3 cm³/mol. The number of thiophene rings is 1. The zero-order valence-corrected chi connectivity index (χ0v) is 11.8. The van der Waals surface area contributed by atoms with Crippen LogP contribution < -0.4 is 11.1 Å². The number of primary amides is 1. The molecule has 3 N–H and O–H groups in total. The normalized spacial score (nSPS) is 20.5. The van der Waals surface area contributed by atoms with Gasteiger partial charge in [0.1, 0.15) is 0 Å². The maximum atomic E-state index is 11.8. The molecule has 100 valence electrons. The predicted octanol–water partition coefficient (Wildman–Crippen LogP) is 2.66. The summed E-state index contributed by atoms with van der Waals surface area (Å²) in [7, 11) is 0. The van der Waals surface area contributed by atoms with E-state index in [1.807, 2.05) is 13.0 Å². The number of rotatable bonds is 5. The van der Waals surface area contributed by atoms with Gasteiger partial charge in [-0.1, -0.05) is 25.3 Å². The number of carbonyl (C=O) groups is 1. The number of nitrogens with two attached hydrogens (primary N) is 1. The monoisotopic (exact) mass is 266 g/mol. The van der Waals surface area contributed by atoms with Crippen LogP contribution >= 0.6 is 11.3 Å². The van der Waals surface area contributed by atoms with Crippen molar-refractivity contribution in [2.24, 2.45) is 11.7 Å². The van der Waals surface area contributed by atoms with Crippen molar-refractivity contribution in [3.8, 4) is 0 Å². The van der Waals surface area contributed by atoms with E-state index >= 15 is 0 Å². The van der Waals surface area contributed by atoms with Gasteiger partial charge in [0.2, 0.25) is 5.91 Å². The summed E-state index contributed by atoms with van der Waals surface area (Å²) in [4.78, 5) is 13.1. The molecule has 1 saturated carbocycles. The number of nitrogens with one attached hydrogen (secondary N) is 1. The van der Waals surface area contributed by atoms with Gasteiger partial charge >= 0.3 is 0 Å². The van der Waals surface area contributed by atoms with Crippen LogP contribution in [-0.2, 0) is 11.3 Å². The molecule has 1 atom stereocenters. The number of hydrogen-bond donors (Lipinski definition) is 2. The van der Waals surface area contributed by atoms with Gasteiger partial charge in [-0.2, -0.15) is 0 Å². The molecule has 0 radical (unpaired) electrons. The highest BCUT2D eigenvalue weighted by Crippen LogP contribution is 2.32. The van der Waals surface area contributed by atoms with Crippen LogP contribution in [0.15, 0.2) is 17.5 Å². The highest BCUT2D eigenvalue weighted by atomic mass is 32.1. The van der Waals surface area contributed by atoms with E-state index in [0.717, 1.165) is 19.4 Å². The molecular weight excluding hydrogens is 244 g/mol. The third kappa shape index (κ3) is 2.93. The average Bonchev–Trinajstić information content (AvgIpc) is 2.90. The maximum absolute atomic E-state index is 11.8. The molecule has 0 saturated heterocycles. The molecule has 2 rings (SSSR count). The lowest BCUT2D eigenvalue weighted by Crippen LogP contribution is -2.58. The molecule has 1 amide bonds. The van der Waals surface area contributed by atoms with Crippen molar-refractivity contribution in [3.63, 3.8) is 0 Å². The first kappa shape index (κ1) is 13.6. The van der Waals surface area contributed by atoms with Crippen molar-refractivity contribution >= 4 is 17.2 Å². The average molecular weight is 266 g/mol. The van der Waals surface area contributed by atoms with Gasteiger partial charge in [0.25, 0.3) is 0 Å². The van der Waals surface area contributed by atoms with Crippen LogP contribution in [0, 0.1) is 5.92 Å². The summed E-state index contributed by atoms with van der Waals surface area (Å²) in [5.74, 6) is 0.162. The van der Waals surface area contributed by atoms with E-state index in [0.29, 0.717) is 5.92 Å². The van der Waals surface area contributed by atoms with Gasteiger partial charge in [-0.3, -0.25) is 10.1 Å². The molecule has 1 aromatic heterocycles. The molecule has 1 aliphatic rings. The molecule has 1 unspecified atom stereocenters. The summed E-state index contributed by atoms with van der Waals surface area (Å²) in [6.45, 7) is 2.70. The topological polar surface area (TPSA) is 55.1 Å². The molecule has 3 nitrogen and oxygen atoms in total. The molecule has 1 aliphatic carbocycles. The van der Waals surface area contributed by atoms with Gasteiger partial charge in [-0.25, -0.2) is 0 Å². The summed E-state index contributed by atoms with van der Waals surface area (Å²) in [6, 6.07) is 4.11. The fourth-order valence-electron chi connectivity index (χ4n) is 2.80. The Balaban J connectivity index is 2.03. The quantitative estimate of drug-likeness (QED) is 0.861. The smallest absolute Gasteiger partial charge is 0.237 e. The van der Waals surface area contributed by atoms with Gasteiger partial charge in [0, 0.05) is 11.4 Å². The first-order valence-corrected chi connectivity index (χ1v) is 7.58. The molecule has 0 bridgehead atoms. The van der Waals surface area contributed by atoms with E-state index in [-0.39, 0.29) is 5.91 Å². The second-order valence-electron chi connectivity index (χ2n) is 5.33. The third-order valence-corrected chi connectivity index (χ3v) is 5.02. The Morgan fingerprint density at radius 2 is 2.22 bits per heavy atom. The molecule has 4 heteroatoms. The van der Waals surface area contributed by atoms with Crippen molar-refractivity contribution < 1.29 is 4.79 Å². The Bertz CT molecular complexity index is 385. The van der Waals surface area contributed by atoms with Crippen LogP contribution in [0.2, 0.25) is 0 Å². The van der Waals surface area contributed by atoms with Crippen LogP contribution in [0.4, 0.5) is 0 Å². The van der Waals surface area contributed by atoms with Crippen LogP contribution in [0.5, 0.6) is 0 Å². The zero-order chi connectivity index (χ0) is 13.0. The first-order valence-electron chi connectivity index (χ1n) is 6.70. The highest BCUT2D eigenvalue weighted by molar-refractivity contribution is 7.09. The summed E-state index contributed by atoms with van der Waals surface area (Å²) < 4.78 is 0. The molecule has 1 aromatic rings. The van der Waals surface area contributed by atoms with Crippen LogP contribution in [0.3, 0.4) is 0 Å². The van der Waals surface area contributed by atoms with Crippen molar-refractivity contribution in [1.29, 1.82) is 0 Å². The first-order chi connectivity index (χ1) is 8.63. The third-order valence-electron chi connectivity index (χ3n) is 4.14. The van der Waals surface area contributed by atoms with Gasteiger partial charge in [-0.15, -0.1) is 11.3 Å². The summed E-state index contributed by atoms with van der Waals surface area (Å²) in [5, 5.41) is 5.46. The lowest BCUT2D eigenvalue weighted by atomic mass is 9.75. The minimum atomic E-state index is -0.565. The minimum absolute atomic E-state index is 0.217. The van der Waals surface area contributed by atoms with E-state index < -0.39 is 5.54 Å². The van der Waals surface area contributed by atoms with Crippen molar-refractivity contribution in [2.45, 2.75) is 51.1 Å². The summed E-state index contributed by atoms with van der Waals surface area (Å²) >= 11 is 1.71. The van der Waals surface area contributed by atoms with E-state index in [9.17, 15) is 4.79 Å². The minimum Gasteiger partial charge on any atom is -0.368 e. The van der Waals surface area contributed by atoms with Gasteiger partial charge in [-0.05, 0) is 37.1 Å². The molecule has 0 aromatic carbocycles. The fourth-order valence-corrected chi connectivity index (χ4v) is 3.44. The number of carbonyl (C=O) groups excluding carboxylic acids is 1. The lowest BCUT2D eigenvalue weighted by Gasteiger charge is -2.38. The summed E-state index contributed by atoms with van der Waals surface area (Å²) in [5.41, 5.74) is 5.08. The molecule has 0 spiro atoms. The van der Waals surface area contributed by atoms with Crippen molar-refractivity contribution in [1.82, 2.24) is 5.32 Å². The van der Waals surface area contributed by atoms with Gasteiger partial charge in [0.15, 0.2) is 0 Å². The molecule has 0 aliphatic heterocycles. The van der Waals surface area contributed by atoms with E-state index in [1.165, 1.54) is 24.1 Å². The molecular formula is C14H22N2OS. The Morgan fingerprint density at radius 1 is 1.50 bits per heavy atom. The Labute approximate surface area is 113 Å². The molecule has 1 fully saturated rings. The number of hydrogen-bond acceptors (Lipinski definition) is 3. The zero-order valence-electron chi connectivity index (χ0n) is 10.9. The highest BCUT2D eigenvalue weighted by Gasteiger charge is 2.39. The second kappa shape index (κ2) is 5.85. The fraction of sp³-hybridized carbons (Fsp3) is 0.643. The van der Waals surface area contributed by atoms with E-state index in [2.05, 4.69) is 16.8 Å². The second-order valence-corrected chi connectivity index (χ2v) is 6.37. The molecule has 18 heavy (non-hydrogen) atoms. The van der Waals surface area contributed by atoms with Gasteiger partial charge < -0.3 is 5.73 Å².